The minimum absolute atomic E-state index is 0.139. The molecule has 0 aliphatic carbocycles. The van der Waals surface area contributed by atoms with Crippen LogP contribution in [0.2, 0.25) is 0 Å². The number of benzene rings is 1. The summed E-state index contributed by atoms with van der Waals surface area (Å²) in [4.78, 5) is 26.1. The fraction of sp³-hybridized carbons (Fsp3) is 0.500. The van der Waals surface area contributed by atoms with Gasteiger partial charge in [-0.2, -0.15) is 5.26 Å². The fourth-order valence-corrected chi connectivity index (χ4v) is 4.08. The Morgan fingerprint density at radius 1 is 1.28 bits per heavy atom. The Morgan fingerprint density at radius 2 is 1.92 bits per heavy atom. The van der Waals surface area contributed by atoms with E-state index in [4.69, 9.17) is 5.26 Å². The van der Waals surface area contributed by atoms with Crippen molar-refractivity contribution in [1.29, 1.82) is 5.26 Å². The SMILES string of the molecule is N#Cc1ccc(C(CN2CC3CC(C2)CN(C(=O)O)C3)NC=O)cc1. The maximum Gasteiger partial charge on any atom is 0.407 e. The zero-order valence-electron chi connectivity index (χ0n) is 14.0. The number of amides is 2. The highest BCUT2D eigenvalue weighted by Gasteiger charge is 2.36. The highest BCUT2D eigenvalue weighted by atomic mass is 16.4. The monoisotopic (exact) mass is 342 g/mol. The van der Waals surface area contributed by atoms with Crippen molar-refractivity contribution in [2.75, 3.05) is 32.7 Å². The summed E-state index contributed by atoms with van der Waals surface area (Å²) in [5, 5.41) is 21.0. The summed E-state index contributed by atoms with van der Waals surface area (Å²) in [6.07, 6.45) is 0.948. The molecule has 2 aliphatic rings. The van der Waals surface area contributed by atoms with Crippen molar-refractivity contribution in [2.24, 2.45) is 11.8 Å². The minimum atomic E-state index is -0.832. The van der Waals surface area contributed by atoms with E-state index in [0.717, 1.165) is 25.1 Å². The van der Waals surface area contributed by atoms with Gasteiger partial charge in [0, 0.05) is 32.7 Å². The van der Waals surface area contributed by atoms with E-state index in [0.29, 0.717) is 43.4 Å². The number of hydrogen-bond donors (Lipinski definition) is 2. The fourth-order valence-electron chi connectivity index (χ4n) is 4.08. The largest absolute Gasteiger partial charge is 0.465 e. The van der Waals surface area contributed by atoms with Gasteiger partial charge < -0.3 is 20.2 Å². The number of carbonyl (C=O) groups excluding carboxylic acids is 1. The van der Waals surface area contributed by atoms with Crippen molar-refractivity contribution in [3.8, 4) is 6.07 Å². The number of nitrogens with one attached hydrogen (secondary N) is 1. The summed E-state index contributed by atoms with van der Waals surface area (Å²) in [5.41, 5.74) is 1.56. The van der Waals surface area contributed by atoms with Crippen molar-refractivity contribution in [2.45, 2.75) is 12.5 Å². The van der Waals surface area contributed by atoms with Crippen molar-refractivity contribution < 1.29 is 14.7 Å². The van der Waals surface area contributed by atoms with E-state index < -0.39 is 6.09 Å². The van der Waals surface area contributed by atoms with E-state index in [-0.39, 0.29) is 6.04 Å². The summed E-state index contributed by atoms with van der Waals surface area (Å²) < 4.78 is 0. The normalized spacial score (nSPS) is 24.2. The summed E-state index contributed by atoms with van der Waals surface area (Å²) in [7, 11) is 0. The molecular weight excluding hydrogens is 320 g/mol. The zero-order chi connectivity index (χ0) is 17.8. The standard InChI is InChI=1S/C18H22N4O3/c19-6-13-1-3-16(4-2-13)17(20-12-23)11-21-7-14-5-15(8-21)10-22(9-14)18(24)25/h1-4,12,14-15,17H,5,7-11H2,(H,20,23)(H,24,25). The molecule has 0 saturated carbocycles. The molecular formula is C18H22N4O3. The van der Waals surface area contributed by atoms with Crippen LogP contribution in [0.4, 0.5) is 4.79 Å². The number of carboxylic acid groups (broad SMARTS) is 1. The number of carbonyl (C=O) groups is 2. The van der Waals surface area contributed by atoms with Crippen LogP contribution in [-0.2, 0) is 4.79 Å². The van der Waals surface area contributed by atoms with Gasteiger partial charge in [-0.1, -0.05) is 12.1 Å². The third-order valence-corrected chi connectivity index (χ3v) is 5.08. The molecule has 1 aromatic rings. The van der Waals surface area contributed by atoms with Crippen LogP contribution in [0.25, 0.3) is 0 Å². The molecule has 2 saturated heterocycles. The molecule has 3 rings (SSSR count). The average Bonchev–Trinajstić information content (AvgIpc) is 2.60. The first-order valence-corrected chi connectivity index (χ1v) is 8.49. The molecule has 2 amide bonds. The van der Waals surface area contributed by atoms with E-state index >= 15 is 0 Å². The van der Waals surface area contributed by atoms with E-state index in [1.165, 1.54) is 4.90 Å². The second-order valence-corrected chi connectivity index (χ2v) is 6.94. The first kappa shape index (κ1) is 17.2. The van der Waals surface area contributed by atoms with Crippen LogP contribution in [-0.4, -0.2) is 60.1 Å². The second-order valence-electron chi connectivity index (χ2n) is 6.94. The van der Waals surface area contributed by atoms with Gasteiger partial charge in [-0.3, -0.25) is 4.79 Å². The first-order chi connectivity index (χ1) is 12.1. The summed E-state index contributed by atoms with van der Waals surface area (Å²) in [6, 6.07) is 9.21. The topological polar surface area (TPSA) is 96.7 Å². The molecule has 0 spiro atoms. The molecule has 2 bridgehead atoms. The highest BCUT2D eigenvalue weighted by molar-refractivity contribution is 5.65. The Hall–Kier alpha value is -2.59. The number of piperidine rings is 2. The molecule has 7 nitrogen and oxygen atoms in total. The zero-order valence-corrected chi connectivity index (χ0v) is 14.0. The van der Waals surface area contributed by atoms with Crippen LogP contribution in [0.5, 0.6) is 0 Å². The molecule has 0 aromatic heterocycles. The summed E-state index contributed by atoms with van der Waals surface area (Å²) >= 11 is 0. The average molecular weight is 342 g/mol. The Balaban J connectivity index is 1.66. The molecule has 2 aliphatic heterocycles. The number of hydrogen-bond acceptors (Lipinski definition) is 4. The van der Waals surface area contributed by atoms with Gasteiger partial charge >= 0.3 is 6.09 Å². The maximum atomic E-state index is 11.2. The summed E-state index contributed by atoms with van der Waals surface area (Å²) in [6.45, 7) is 3.54. The third-order valence-electron chi connectivity index (χ3n) is 5.08. The number of fused-ring (bicyclic) bond motifs is 2. The van der Waals surface area contributed by atoms with Gasteiger partial charge in [0.25, 0.3) is 0 Å². The lowest BCUT2D eigenvalue weighted by Crippen LogP contribution is -2.54. The molecule has 7 heteroatoms. The molecule has 2 N–H and O–H groups in total. The predicted molar refractivity (Wildman–Crippen MR) is 90.7 cm³/mol. The summed E-state index contributed by atoms with van der Waals surface area (Å²) in [5.74, 6) is 0.697. The molecule has 2 heterocycles. The van der Waals surface area contributed by atoms with Crippen LogP contribution in [0, 0.1) is 23.2 Å². The van der Waals surface area contributed by atoms with Gasteiger partial charge in [-0.25, -0.2) is 4.79 Å². The van der Waals surface area contributed by atoms with Gasteiger partial charge in [0.05, 0.1) is 17.7 Å². The van der Waals surface area contributed by atoms with Gasteiger partial charge in [0.15, 0.2) is 0 Å². The maximum absolute atomic E-state index is 11.2. The van der Waals surface area contributed by atoms with E-state index in [9.17, 15) is 14.7 Å². The number of nitrogens with zero attached hydrogens (tertiary/aromatic N) is 3. The van der Waals surface area contributed by atoms with E-state index in [2.05, 4.69) is 16.3 Å². The van der Waals surface area contributed by atoms with Crippen molar-refractivity contribution in [3.63, 3.8) is 0 Å². The number of likely N-dealkylation sites (tertiary alicyclic amines) is 2. The van der Waals surface area contributed by atoms with Crippen LogP contribution in [0.3, 0.4) is 0 Å². The molecule has 1 aromatic carbocycles. The smallest absolute Gasteiger partial charge is 0.407 e. The Labute approximate surface area is 146 Å². The van der Waals surface area contributed by atoms with Crippen molar-refractivity contribution in [3.05, 3.63) is 35.4 Å². The molecule has 132 valence electrons. The molecule has 3 unspecified atom stereocenters. The van der Waals surface area contributed by atoms with Gasteiger partial charge in [0.2, 0.25) is 6.41 Å². The van der Waals surface area contributed by atoms with Crippen LogP contribution in [0.15, 0.2) is 24.3 Å². The Bertz CT molecular complexity index is 656. The number of nitriles is 1. The first-order valence-electron chi connectivity index (χ1n) is 8.49. The number of rotatable bonds is 5. The minimum Gasteiger partial charge on any atom is -0.465 e. The third kappa shape index (κ3) is 4.09. The quantitative estimate of drug-likeness (QED) is 0.786. The van der Waals surface area contributed by atoms with Gasteiger partial charge in [-0.05, 0) is 36.0 Å². The second kappa shape index (κ2) is 7.53. The lowest BCUT2D eigenvalue weighted by molar-refractivity contribution is -0.110. The Kier molecular flexibility index (Phi) is 5.19. The van der Waals surface area contributed by atoms with Crippen LogP contribution < -0.4 is 5.32 Å². The predicted octanol–water partition coefficient (Wildman–Crippen LogP) is 1.28. The van der Waals surface area contributed by atoms with Crippen molar-refractivity contribution >= 4 is 12.5 Å². The van der Waals surface area contributed by atoms with E-state index in [1.807, 2.05) is 12.1 Å². The van der Waals surface area contributed by atoms with Gasteiger partial charge in [0.1, 0.15) is 0 Å². The lowest BCUT2D eigenvalue weighted by Gasteiger charge is -2.45. The lowest BCUT2D eigenvalue weighted by atomic mass is 9.84. The van der Waals surface area contributed by atoms with Gasteiger partial charge in [-0.15, -0.1) is 0 Å². The highest BCUT2D eigenvalue weighted by Crippen LogP contribution is 2.29. The van der Waals surface area contributed by atoms with E-state index in [1.54, 1.807) is 12.1 Å². The molecule has 25 heavy (non-hydrogen) atoms. The molecule has 2 fully saturated rings. The molecule has 3 atom stereocenters. The van der Waals surface area contributed by atoms with Crippen LogP contribution >= 0.6 is 0 Å². The van der Waals surface area contributed by atoms with Crippen LogP contribution in [0.1, 0.15) is 23.6 Å². The van der Waals surface area contributed by atoms with Crippen molar-refractivity contribution in [1.82, 2.24) is 15.1 Å². The molecule has 0 radical (unpaired) electrons. The Morgan fingerprint density at radius 3 is 2.44 bits per heavy atom.